The largest absolute Gasteiger partial charge is 0.465 e. The Morgan fingerprint density at radius 3 is 2.32 bits per heavy atom. The van der Waals surface area contributed by atoms with Gasteiger partial charge in [0.15, 0.2) is 0 Å². The molecule has 0 bridgehead atoms. The first-order valence-corrected chi connectivity index (χ1v) is 10.6. The fourth-order valence-corrected chi connectivity index (χ4v) is 4.42. The van der Waals surface area contributed by atoms with Crippen LogP contribution in [-0.4, -0.2) is 24.9 Å². The molecule has 1 aromatic heterocycles. The van der Waals surface area contributed by atoms with Crippen molar-refractivity contribution in [3.8, 4) is 0 Å². The normalized spacial score (nSPS) is 10.5. The van der Waals surface area contributed by atoms with E-state index in [9.17, 15) is 14.4 Å². The maximum Gasteiger partial charge on any atom is 0.341 e. The molecule has 0 unspecified atom stereocenters. The molecular weight excluding hydrogens is 436 g/mol. The number of esters is 1. The van der Waals surface area contributed by atoms with E-state index in [-0.39, 0.29) is 27.1 Å². The van der Waals surface area contributed by atoms with E-state index in [0.717, 1.165) is 22.5 Å². The molecule has 3 rings (SSSR count). The number of halogens is 1. The van der Waals surface area contributed by atoms with Gasteiger partial charge in [0.25, 0.3) is 11.8 Å². The smallest absolute Gasteiger partial charge is 0.341 e. The summed E-state index contributed by atoms with van der Waals surface area (Å²) in [5, 5.41) is 6.07. The van der Waals surface area contributed by atoms with E-state index in [2.05, 4.69) is 10.6 Å². The highest BCUT2D eigenvalue weighted by molar-refractivity contribution is 7.19. The van der Waals surface area contributed by atoms with Gasteiger partial charge < -0.3 is 15.4 Å². The lowest BCUT2D eigenvalue weighted by atomic mass is 10.1. The average molecular weight is 457 g/mol. The molecule has 0 fully saturated rings. The summed E-state index contributed by atoms with van der Waals surface area (Å²) in [6.45, 7) is 5.52. The van der Waals surface area contributed by atoms with Gasteiger partial charge in [-0.3, -0.25) is 9.59 Å². The number of ether oxygens (including phenoxy) is 1. The summed E-state index contributed by atoms with van der Waals surface area (Å²) in [5.74, 6) is -1.51. The van der Waals surface area contributed by atoms with Gasteiger partial charge >= 0.3 is 5.97 Å². The predicted octanol–water partition coefficient (Wildman–Crippen LogP) is 5.62. The summed E-state index contributed by atoms with van der Waals surface area (Å²) < 4.78 is 4.87. The molecule has 0 saturated heterocycles. The molecule has 2 amide bonds. The molecule has 160 valence electrons. The van der Waals surface area contributed by atoms with Crippen molar-refractivity contribution in [2.24, 2.45) is 0 Å². The first-order chi connectivity index (χ1) is 14.7. The van der Waals surface area contributed by atoms with E-state index in [1.807, 2.05) is 32.0 Å². The summed E-state index contributed by atoms with van der Waals surface area (Å²) >= 11 is 7.11. The monoisotopic (exact) mass is 456 g/mol. The van der Waals surface area contributed by atoms with Crippen LogP contribution in [0.25, 0.3) is 0 Å². The second kappa shape index (κ2) is 9.32. The highest BCUT2D eigenvalue weighted by Gasteiger charge is 2.27. The Bertz CT molecular complexity index is 1190. The van der Waals surface area contributed by atoms with Crippen LogP contribution in [-0.2, 0) is 4.74 Å². The number of amides is 2. The second-order valence-electron chi connectivity index (χ2n) is 6.96. The topological polar surface area (TPSA) is 84.5 Å². The Hall–Kier alpha value is -3.16. The molecule has 0 aliphatic carbocycles. The molecule has 2 aromatic carbocycles. The van der Waals surface area contributed by atoms with E-state index in [0.29, 0.717) is 16.1 Å². The van der Waals surface area contributed by atoms with Crippen LogP contribution in [0, 0.1) is 20.8 Å². The van der Waals surface area contributed by atoms with Crippen molar-refractivity contribution in [1.29, 1.82) is 0 Å². The molecular formula is C23H21ClN2O4S. The van der Waals surface area contributed by atoms with Gasteiger partial charge in [0.05, 0.1) is 28.1 Å². The fraction of sp³-hybridized carbons (Fsp3) is 0.174. The van der Waals surface area contributed by atoms with Crippen molar-refractivity contribution in [1.82, 2.24) is 0 Å². The number of methoxy groups -OCH3 is 1. The molecule has 0 spiro atoms. The van der Waals surface area contributed by atoms with E-state index >= 15 is 0 Å². The third-order valence-electron chi connectivity index (χ3n) is 4.72. The van der Waals surface area contributed by atoms with Crippen LogP contribution in [0.3, 0.4) is 0 Å². The van der Waals surface area contributed by atoms with Crippen molar-refractivity contribution in [2.75, 3.05) is 17.7 Å². The van der Waals surface area contributed by atoms with Crippen molar-refractivity contribution in [3.63, 3.8) is 0 Å². The number of hydrogen-bond acceptors (Lipinski definition) is 5. The SMILES string of the molecule is COC(=O)c1c(NC(=O)c2ccccc2Cl)sc(C(=O)Nc2ccc(C)cc2C)c1C. The molecule has 0 radical (unpaired) electrons. The highest BCUT2D eigenvalue weighted by Crippen LogP contribution is 2.35. The zero-order chi connectivity index (χ0) is 22.7. The zero-order valence-electron chi connectivity index (χ0n) is 17.5. The Labute approximate surface area is 189 Å². The van der Waals surface area contributed by atoms with Crippen molar-refractivity contribution in [2.45, 2.75) is 20.8 Å². The van der Waals surface area contributed by atoms with Crippen LogP contribution in [0.15, 0.2) is 42.5 Å². The average Bonchev–Trinajstić information content (AvgIpc) is 3.05. The van der Waals surface area contributed by atoms with Gasteiger partial charge in [-0.2, -0.15) is 0 Å². The van der Waals surface area contributed by atoms with Gasteiger partial charge in [0.1, 0.15) is 5.00 Å². The van der Waals surface area contributed by atoms with Gasteiger partial charge in [0, 0.05) is 5.69 Å². The van der Waals surface area contributed by atoms with Crippen LogP contribution in [0.5, 0.6) is 0 Å². The van der Waals surface area contributed by atoms with E-state index < -0.39 is 11.9 Å². The molecule has 2 N–H and O–H groups in total. The Balaban J connectivity index is 1.96. The van der Waals surface area contributed by atoms with Crippen LogP contribution in [0.1, 0.15) is 47.1 Å². The summed E-state index contributed by atoms with van der Waals surface area (Å²) in [4.78, 5) is 38.4. The number of thiophene rings is 1. The van der Waals surface area contributed by atoms with Crippen LogP contribution < -0.4 is 10.6 Å². The van der Waals surface area contributed by atoms with Gasteiger partial charge in [0.2, 0.25) is 0 Å². The Morgan fingerprint density at radius 1 is 0.968 bits per heavy atom. The fourth-order valence-electron chi connectivity index (χ4n) is 3.11. The maximum atomic E-state index is 13.0. The van der Waals surface area contributed by atoms with Gasteiger partial charge in [-0.1, -0.05) is 41.4 Å². The third kappa shape index (κ3) is 4.78. The molecule has 6 nitrogen and oxygen atoms in total. The highest BCUT2D eigenvalue weighted by atomic mass is 35.5. The van der Waals surface area contributed by atoms with Crippen molar-refractivity contribution in [3.05, 3.63) is 80.2 Å². The van der Waals surface area contributed by atoms with E-state index in [4.69, 9.17) is 16.3 Å². The summed E-state index contributed by atoms with van der Waals surface area (Å²) in [6.07, 6.45) is 0. The summed E-state index contributed by atoms with van der Waals surface area (Å²) in [6, 6.07) is 12.3. The lowest BCUT2D eigenvalue weighted by Gasteiger charge is -2.08. The number of benzene rings is 2. The minimum atomic E-state index is -0.645. The van der Waals surface area contributed by atoms with Crippen LogP contribution in [0.2, 0.25) is 5.02 Å². The number of anilines is 2. The Kier molecular flexibility index (Phi) is 6.77. The summed E-state index contributed by atoms with van der Waals surface area (Å²) in [5.41, 5.74) is 3.49. The number of nitrogens with one attached hydrogen (secondary N) is 2. The van der Waals surface area contributed by atoms with Crippen molar-refractivity contribution < 1.29 is 19.1 Å². The molecule has 0 saturated carbocycles. The molecule has 0 aliphatic heterocycles. The molecule has 1 heterocycles. The lowest BCUT2D eigenvalue weighted by molar-refractivity contribution is 0.0601. The number of rotatable bonds is 5. The second-order valence-corrected chi connectivity index (χ2v) is 8.39. The van der Waals surface area contributed by atoms with Gasteiger partial charge in [-0.25, -0.2) is 4.79 Å². The van der Waals surface area contributed by atoms with Crippen LogP contribution in [0.4, 0.5) is 10.7 Å². The molecule has 31 heavy (non-hydrogen) atoms. The van der Waals surface area contributed by atoms with Crippen LogP contribution >= 0.6 is 22.9 Å². The predicted molar refractivity (Wildman–Crippen MR) is 124 cm³/mol. The molecule has 0 atom stereocenters. The van der Waals surface area contributed by atoms with Gasteiger partial charge in [-0.15, -0.1) is 11.3 Å². The molecule has 8 heteroatoms. The summed E-state index contributed by atoms with van der Waals surface area (Å²) in [7, 11) is 1.24. The number of hydrogen-bond donors (Lipinski definition) is 2. The quantitative estimate of drug-likeness (QED) is 0.488. The Morgan fingerprint density at radius 2 is 1.68 bits per heavy atom. The third-order valence-corrected chi connectivity index (χ3v) is 6.25. The first kappa shape index (κ1) is 22.5. The lowest BCUT2D eigenvalue weighted by Crippen LogP contribution is -2.15. The molecule has 0 aliphatic rings. The van der Waals surface area contributed by atoms with E-state index in [1.54, 1.807) is 31.2 Å². The standard InChI is InChI=1S/C23H21ClN2O4S/c1-12-9-10-17(13(2)11-12)25-21(28)19-14(3)18(23(29)30-4)22(31-19)26-20(27)15-7-5-6-8-16(15)24/h5-11H,1-4H3,(H,25,28)(H,26,27). The van der Waals surface area contributed by atoms with E-state index in [1.165, 1.54) is 7.11 Å². The number of carbonyl (C=O) groups is 3. The zero-order valence-corrected chi connectivity index (χ0v) is 19.0. The van der Waals surface area contributed by atoms with Crippen molar-refractivity contribution >= 4 is 51.4 Å². The first-order valence-electron chi connectivity index (χ1n) is 9.39. The van der Waals surface area contributed by atoms with Gasteiger partial charge in [-0.05, 0) is 50.1 Å². The molecule has 3 aromatic rings. The number of aryl methyl sites for hydroxylation is 2. The minimum Gasteiger partial charge on any atom is -0.465 e. The maximum absolute atomic E-state index is 13.0. The minimum absolute atomic E-state index is 0.138. The number of carbonyl (C=O) groups excluding carboxylic acids is 3.